The zero-order valence-corrected chi connectivity index (χ0v) is 14.2. The standard InChI is InChI=1S/C20H22FN2/c1-13-10-15(21)8-9-16(13)19-22(4)17-7-5-6-14-11-20(2,3)12-23(19)18(14)17/h5-10H,11-12H2,1-4H3/q+1. The lowest BCUT2D eigenvalue weighted by Gasteiger charge is -2.27. The van der Waals surface area contributed by atoms with E-state index in [0.717, 1.165) is 29.9 Å². The predicted octanol–water partition coefficient (Wildman–Crippen LogP) is 4.16. The first-order valence-corrected chi connectivity index (χ1v) is 8.14. The largest absolute Gasteiger partial charge is 0.289 e. The Hall–Kier alpha value is -2.16. The molecule has 0 fully saturated rings. The molecule has 3 heteroatoms. The van der Waals surface area contributed by atoms with Gasteiger partial charge in [-0.25, -0.2) is 13.5 Å². The SMILES string of the molecule is Cc1cc(F)ccc1-c1n(C)c2cccc3c2[n+]1CC(C)(C)C3. The minimum Gasteiger partial charge on any atom is -0.226 e. The highest BCUT2D eigenvalue weighted by Gasteiger charge is 2.36. The maximum Gasteiger partial charge on any atom is 0.289 e. The molecule has 0 saturated carbocycles. The molecule has 2 aromatic carbocycles. The van der Waals surface area contributed by atoms with Gasteiger partial charge in [-0.15, -0.1) is 0 Å². The number of aromatic nitrogens is 2. The number of aryl methyl sites for hydroxylation is 2. The minimum atomic E-state index is -0.176. The van der Waals surface area contributed by atoms with Crippen LogP contribution >= 0.6 is 0 Å². The van der Waals surface area contributed by atoms with E-state index in [-0.39, 0.29) is 11.2 Å². The molecule has 0 amide bonds. The molecule has 0 spiro atoms. The molecule has 2 nitrogen and oxygen atoms in total. The fourth-order valence-corrected chi connectivity index (χ4v) is 4.06. The van der Waals surface area contributed by atoms with Crippen molar-refractivity contribution in [2.45, 2.75) is 33.7 Å². The number of para-hydroxylation sites is 1. The molecule has 1 aliphatic rings. The van der Waals surface area contributed by atoms with Gasteiger partial charge in [0.05, 0.1) is 19.2 Å². The van der Waals surface area contributed by atoms with E-state index in [2.05, 4.69) is 48.2 Å². The monoisotopic (exact) mass is 309 g/mol. The van der Waals surface area contributed by atoms with Crippen molar-refractivity contribution in [1.82, 2.24) is 4.57 Å². The zero-order chi connectivity index (χ0) is 16.4. The van der Waals surface area contributed by atoms with Crippen LogP contribution in [0.2, 0.25) is 0 Å². The number of nitrogens with zero attached hydrogens (tertiary/aromatic N) is 2. The number of halogens is 1. The Balaban J connectivity index is 2.09. The smallest absolute Gasteiger partial charge is 0.226 e. The van der Waals surface area contributed by atoms with Crippen LogP contribution < -0.4 is 4.57 Å². The van der Waals surface area contributed by atoms with Crippen molar-refractivity contribution in [3.63, 3.8) is 0 Å². The number of hydrogen-bond acceptors (Lipinski definition) is 0. The molecule has 0 radical (unpaired) electrons. The average Bonchev–Trinajstić information content (AvgIpc) is 2.73. The summed E-state index contributed by atoms with van der Waals surface area (Å²) in [6, 6.07) is 11.6. The molecule has 118 valence electrons. The van der Waals surface area contributed by atoms with Crippen molar-refractivity contribution < 1.29 is 8.96 Å². The second kappa shape index (κ2) is 4.67. The van der Waals surface area contributed by atoms with Gasteiger partial charge in [-0.2, -0.15) is 0 Å². The second-order valence-electron chi connectivity index (χ2n) is 7.55. The summed E-state index contributed by atoms with van der Waals surface area (Å²) >= 11 is 0. The fraction of sp³-hybridized carbons (Fsp3) is 0.350. The quantitative estimate of drug-likeness (QED) is 0.597. The van der Waals surface area contributed by atoms with E-state index >= 15 is 0 Å². The third kappa shape index (κ3) is 2.10. The summed E-state index contributed by atoms with van der Waals surface area (Å²) in [7, 11) is 2.11. The van der Waals surface area contributed by atoms with E-state index in [1.807, 2.05) is 13.0 Å². The van der Waals surface area contributed by atoms with E-state index in [0.29, 0.717) is 0 Å². The van der Waals surface area contributed by atoms with E-state index in [4.69, 9.17) is 0 Å². The van der Waals surface area contributed by atoms with Crippen molar-refractivity contribution in [3.8, 4) is 11.4 Å². The third-order valence-corrected chi connectivity index (χ3v) is 4.99. The molecule has 4 rings (SSSR count). The molecule has 1 aliphatic heterocycles. The molecule has 0 atom stereocenters. The van der Waals surface area contributed by atoms with Crippen LogP contribution in [0.5, 0.6) is 0 Å². The first-order chi connectivity index (χ1) is 10.9. The molecule has 0 bridgehead atoms. The number of benzene rings is 2. The van der Waals surface area contributed by atoms with Crippen molar-refractivity contribution in [3.05, 3.63) is 53.3 Å². The highest BCUT2D eigenvalue weighted by Crippen LogP contribution is 2.34. The molecule has 0 aliphatic carbocycles. The van der Waals surface area contributed by atoms with Crippen LogP contribution in [0.4, 0.5) is 4.39 Å². The first kappa shape index (κ1) is 14.4. The fourth-order valence-electron chi connectivity index (χ4n) is 4.06. The van der Waals surface area contributed by atoms with Gasteiger partial charge < -0.3 is 0 Å². The number of rotatable bonds is 1. The Kier molecular flexibility index (Phi) is 2.93. The molecule has 0 saturated heterocycles. The van der Waals surface area contributed by atoms with Crippen molar-refractivity contribution in [2.75, 3.05) is 0 Å². The van der Waals surface area contributed by atoms with Gasteiger partial charge in [0.15, 0.2) is 11.0 Å². The lowest BCUT2D eigenvalue weighted by Crippen LogP contribution is -2.47. The maximum absolute atomic E-state index is 13.5. The van der Waals surface area contributed by atoms with Crippen molar-refractivity contribution in [1.29, 1.82) is 0 Å². The van der Waals surface area contributed by atoms with Gasteiger partial charge >= 0.3 is 0 Å². The molecule has 1 aromatic heterocycles. The topological polar surface area (TPSA) is 8.81 Å². The van der Waals surface area contributed by atoms with E-state index in [1.165, 1.54) is 16.6 Å². The summed E-state index contributed by atoms with van der Waals surface area (Å²) < 4.78 is 18.2. The molecular weight excluding hydrogens is 287 g/mol. The Morgan fingerprint density at radius 2 is 1.96 bits per heavy atom. The Labute approximate surface area is 136 Å². The second-order valence-corrected chi connectivity index (χ2v) is 7.55. The first-order valence-electron chi connectivity index (χ1n) is 8.14. The summed E-state index contributed by atoms with van der Waals surface area (Å²) in [6.45, 7) is 7.60. The van der Waals surface area contributed by atoms with E-state index in [9.17, 15) is 4.39 Å². The van der Waals surface area contributed by atoms with Crippen LogP contribution in [-0.2, 0) is 20.0 Å². The molecule has 23 heavy (non-hydrogen) atoms. The molecule has 0 unspecified atom stereocenters. The predicted molar refractivity (Wildman–Crippen MR) is 90.7 cm³/mol. The van der Waals surface area contributed by atoms with Gasteiger partial charge in [-0.1, -0.05) is 26.0 Å². The number of hydrogen-bond donors (Lipinski definition) is 0. The molecule has 0 N–H and O–H groups in total. The number of imidazole rings is 1. The van der Waals surface area contributed by atoms with Crippen LogP contribution in [0.25, 0.3) is 22.4 Å². The van der Waals surface area contributed by atoms with Gasteiger partial charge in [0.25, 0.3) is 5.82 Å². The molecular formula is C20H22FN2+. The summed E-state index contributed by atoms with van der Waals surface area (Å²) in [5, 5.41) is 0. The third-order valence-electron chi connectivity index (χ3n) is 4.99. The van der Waals surface area contributed by atoms with Crippen LogP contribution in [0.1, 0.15) is 25.0 Å². The van der Waals surface area contributed by atoms with Crippen molar-refractivity contribution >= 4 is 11.0 Å². The zero-order valence-electron chi connectivity index (χ0n) is 14.2. The Bertz CT molecular complexity index is 934. The normalized spacial score (nSPS) is 16.0. The minimum absolute atomic E-state index is 0.176. The highest BCUT2D eigenvalue weighted by atomic mass is 19.1. The van der Waals surface area contributed by atoms with Crippen molar-refractivity contribution in [2.24, 2.45) is 12.5 Å². The molecule has 3 aromatic rings. The Morgan fingerprint density at radius 3 is 2.70 bits per heavy atom. The van der Waals surface area contributed by atoms with Gasteiger partial charge in [-0.3, -0.25) is 0 Å². The average molecular weight is 309 g/mol. The van der Waals surface area contributed by atoms with Crippen LogP contribution in [0.15, 0.2) is 36.4 Å². The van der Waals surface area contributed by atoms with Gasteiger partial charge in [0.2, 0.25) is 0 Å². The van der Waals surface area contributed by atoms with Gasteiger partial charge in [0.1, 0.15) is 5.82 Å². The van der Waals surface area contributed by atoms with Gasteiger partial charge in [0, 0.05) is 11.0 Å². The summed E-state index contributed by atoms with van der Waals surface area (Å²) in [4.78, 5) is 0. The molecule has 2 heterocycles. The van der Waals surface area contributed by atoms with E-state index < -0.39 is 0 Å². The highest BCUT2D eigenvalue weighted by molar-refractivity contribution is 5.80. The lowest BCUT2D eigenvalue weighted by atomic mass is 9.82. The Morgan fingerprint density at radius 1 is 1.17 bits per heavy atom. The van der Waals surface area contributed by atoms with Gasteiger partial charge in [-0.05, 0) is 43.2 Å². The van der Waals surface area contributed by atoms with Crippen LogP contribution in [0, 0.1) is 18.2 Å². The summed E-state index contributed by atoms with van der Waals surface area (Å²) in [5.74, 6) is 0.988. The van der Waals surface area contributed by atoms with Crippen LogP contribution in [-0.4, -0.2) is 4.57 Å². The van der Waals surface area contributed by atoms with E-state index in [1.54, 1.807) is 12.1 Å². The maximum atomic E-state index is 13.5. The summed E-state index contributed by atoms with van der Waals surface area (Å²) in [6.07, 6.45) is 1.09. The summed E-state index contributed by atoms with van der Waals surface area (Å²) in [5.41, 5.74) is 6.28. The van der Waals surface area contributed by atoms with Crippen LogP contribution in [0.3, 0.4) is 0 Å². The lowest BCUT2D eigenvalue weighted by molar-refractivity contribution is -0.677.